The summed E-state index contributed by atoms with van der Waals surface area (Å²) in [6.45, 7) is 8.29. The molecule has 2 heterocycles. The molecule has 3 aromatic carbocycles. The molecule has 39 heavy (non-hydrogen) atoms. The third-order valence-electron chi connectivity index (χ3n) is 7.22. The Morgan fingerprint density at radius 1 is 1.08 bits per heavy atom. The molecular formula is C32H36N4O2S. The Hall–Kier alpha value is -3.58. The highest BCUT2D eigenvalue weighted by molar-refractivity contribution is 8.15. The van der Waals surface area contributed by atoms with E-state index in [9.17, 15) is 4.79 Å². The maximum Gasteiger partial charge on any atom is 0.302 e. The van der Waals surface area contributed by atoms with E-state index in [1.54, 1.807) is 12.1 Å². The lowest BCUT2D eigenvalue weighted by Crippen LogP contribution is -2.41. The lowest BCUT2D eigenvalue weighted by Gasteiger charge is -2.35. The number of anilines is 1. The van der Waals surface area contributed by atoms with Gasteiger partial charge in [-0.15, -0.1) is 0 Å². The van der Waals surface area contributed by atoms with Crippen LogP contribution >= 0.6 is 11.8 Å². The number of carbonyl (C=O) groups is 1. The monoisotopic (exact) mass is 540 g/mol. The first kappa shape index (κ1) is 27.0. The molecule has 2 aliphatic heterocycles. The van der Waals surface area contributed by atoms with Crippen molar-refractivity contribution in [2.75, 3.05) is 31.6 Å². The molecule has 202 valence electrons. The van der Waals surface area contributed by atoms with Gasteiger partial charge in [0.2, 0.25) is 0 Å². The molecule has 0 spiro atoms. The SMILES string of the molecule is CCN1N=C(c2ccc3c(c2)CCCN3/C(=N\CCc2ccccc2)c2ccc(OC)cc2)C(C)(C)SC1=O. The molecule has 0 radical (unpaired) electrons. The zero-order valence-electron chi connectivity index (χ0n) is 23.2. The van der Waals surface area contributed by atoms with Gasteiger partial charge >= 0.3 is 5.24 Å². The first-order valence-corrected chi connectivity index (χ1v) is 14.4. The Labute approximate surface area is 235 Å². The highest BCUT2D eigenvalue weighted by Crippen LogP contribution is 2.38. The fourth-order valence-corrected chi connectivity index (χ4v) is 6.15. The highest BCUT2D eigenvalue weighted by Gasteiger charge is 2.37. The molecule has 0 aliphatic carbocycles. The van der Waals surface area contributed by atoms with Crippen LogP contribution in [0.3, 0.4) is 0 Å². The summed E-state index contributed by atoms with van der Waals surface area (Å²) in [5, 5.41) is 6.34. The van der Waals surface area contributed by atoms with Crippen molar-refractivity contribution in [3.63, 3.8) is 0 Å². The predicted molar refractivity (Wildman–Crippen MR) is 163 cm³/mol. The fraction of sp³-hybridized carbons (Fsp3) is 0.344. The van der Waals surface area contributed by atoms with Crippen LogP contribution in [0.1, 0.15) is 49.4 Å². The number of nitrogens with zero attached hydrogens (tertiary/aromatic N) is 4. The first-order chi connectivity index (χ1) is 18.9. The number of hydrazone groups is 1. The van der Waals surface area contributed by atoms with Crippen molar-refractivity contribution in [1.82, 2.24) is 5.01 Å². The molecule has 5 rings (SSSR count). The third kappa shape index (κ3) is 5.88. The van der Waals surface area contributed by atoms with E-state index in [1.165, 1.54) is 28.6 Å². The molecular weight excluding hydrogens is 504 g/mol. The topological polar surface area (TPSA) is 57.5 Å². The molecule has 0 N–H and O–H groups in total. The normalized spacial score (nSPS) is 17.1. The fourth-order valence-electron chi connectivity index (χ4n) is 5.18. The van der Waals surface area contributed by atoms with Crippen LogP contribution in [0.5, 0.6) is 5.75 Å². The summed E-state index contributed by atoms with van der Waals surface area (Å²) in [6.07, 6.45) is 2.92. The largest absolute Gasteiger partial charge is 0.497 e. The predicted octanol–water partition coefficient (Wildman–Crippen LogP) is 6.81. The van der Waals surface area contributed by atoms with Gasteiger partial charge in [-0.1, -0.05) is 48.2 Å². The number of methoxy groups -OCH3 is 1. The van der Waals surface area contributed by atoms with E-state index >= 15 is 0 Å². The number of carbonyl (C=O) groups excluding carboxylic acids is 1. The minimum Gasteiger partial charge on any atom is -0.497 e. The number of amides is 1. The maximum absolute atomic E-state index is 12.5. The smallest absolute Gasteiger partial charge is 0.302 e. The summed E-state index contributed by atoms with van der Waals surface area (Å²) in [6, 6.07) is 25.3. The Bertz CT molecular complexity index is 1380. The Morgan fingerprint density at radius 2 is 1.85 bits per heavy atom. The number of hydrogen-bond acceptors (Lipinski definition) is 5. The van der Waals surface area contributed by atoms with Gasteiger partial charge in [0.05, 0.1) is 17.6 Å². The quantitative estimate of drug-likeness (QED) is 0.244. The van der Waals surface area contributed by atoms with Gasteiger partial charge in [-0.3, -0.25) is 9.79 Å². The third-order valence-corrected chi connectivity index (χ3v) is 8.31. The van der Waals surface area contributed by atoms with E-state index in [4.69, 9.17) is 14.8 Å². The lowest BCUT2D eigenvalue weighted by atomic mass is 9.93. The van der Waals surface area contributed by atoms with Crippen molar-refractivity contribution in [2.24, 2.45) is 10.1 Å². The minimum atomic E-state index is -0.390. The summed E-state index contributed by atoms with van der Waals surface area (Å²) in [5.74, 6) is 1.82. The second-order valence-corrected chi connectivity index (χ2v) is 11.9. The molecule has 0 saturated heterocycles. The molecule has 0 aromatic heterocycles. The van der Waals surface area contributed by atoms with Gasteiger partial charge in [-0.25, -0.2) is 5.01 Å². The van der Waals surface area contributed by atoms with Crippen molar-refractivity contribution >= 4 is 34.2 Å². The van der Waals surface area contributed by atoms with E-state index < -0.39 is 4.75 Å². The standard InChI is InChI=1S/C32H36N4O2S/c1-5-36-31(37)39-32(2,3)29(34-36)26-15-18-28-25(22-26)12-9-21-35(28)30(24-13-16-27(38-4)17-14-24)33-20-19-23-10-7-6-8-11-23/h6-8,10-11,13-18,22H,5,9,12,19-21H2,1-4H3/b33-30-. The summed E-state index contributed by atoms with van der Waals surface area (Å²) in [7, 11) is 1.69. The number of aryl methyl sites for hydroxylation is 1. The average molecular weight is 541 g/mol. The van der Waals surface area contributed by atoms with Crippen molar-refractivity contribution in [1.29, 1.82) is 0 Å². The number of thioether (sulfide) groups is 1. The number of aliphatic imine (C=N–C) groups is 1. The highest BCUT2D eigenvalue weighted by atomic mass is 32.2. The van der Waals surface area contributed by atoms with Crippen LogP contribution in [-0.2, 0) is 12.8 Å². The maximum atomic E-state index is 12.5. The van der Waals surface area contributed by atoms with Crippen LogP contribution < -0.4 is 9.64 Å². The Balaban J connectivity index is 1.50. The van der Waals surface area contributed by atoms with E-state index in [0.717, 1.165) is 54.2 Å². The lowest BCUT2D eigenvalue weighted by molar-refractivity contribution is 0.226. The van der Waals surface area contributed by atoms with Gasteiger partial charge < -0.3 is 9.64 Å². The Morgan fingerprint density at radius 3 is 2.56 bits per heavy atom. The summed E-state index contributed by atoms with van der Waals surface area (Å²) in [4.78, 5) is 20.0. The number of amidine groups is 1. The molecule has 3 aromatic rings. The van der Waals surface area contributed by atoms with E-state index in [-0.39, 0.29) is 5.24 Å². The molecule has 7 heteroatoms. The average Bonchev–Trinajstić information content (AvgIpc) is 2.95. The minimum absolute atomic E-state index is 0.00577. The molecule has 0 atom stereocenters. The number of rotatable bonds is 7. The van der Waals surface area contributed by atoms with Crippen LogP contribution in [0.2, 0.25) is 0 Å². The molecule has 0 bridgehead atoms. The van der Waals surface area contributed by atoms with Gasteiger partial charge in [-0.05, 0) is 93.1 Å². The Kier molecular flexibility index (Phi) is 8.07. The summed E-state index contributed by atoms with van der Waals surface area (Å²) in [5.41, 5.74) is 6.85. The molecule has 2 aliphatic rings. The van der Waals surface area contributed by atoms with Crippen molar-refractivity contribution in [3.05, 3.63) is 95.1 Å². The summed E-state index contributed by atoms with van der Waals surface area (Å²) >= 11 is 1.35. The van der Waals surface area contributed by atoms with Crippen LogP contribution in [0.15, 0.2) is 82.9 Å². The molecule has 0 unspecified atom stereocenters. The van der Waals surface area contributed by atoms with Gasteiger partial charge in [0.15, 0.2) is 0 Å². The van der Waals surface area contributed by atoms with Crippen LogP contribution in [0.25, 0.3) is 0 Å². The summed E-state index contributed by atoms with van der Waals surface area (Å²) < 4.78 is 5.02. The van der Waals surface area contributed by atoms with Gasteiger partial charge in [0.1, 0.15) is 11.6 Å². The van der Waals surface area contributed by atoms with Crippen molar-refractivity contribution < 1.29 is 9.53 Å². The molecule has 1 amide bonds. The van der Waals surface area contributed by atoms with Gasteiger partial charge in [-0.2, -0.15) is 5.10 Å². The van der Waals surface area contributed by atoms with Crippen LogP contribution in [0.4, 0.5) is 10.5 Å². The van der Waals surface area contributed by atoms with Crippen molar-refractivity contribution in [3.8, 4) is 5.75 Å². The molecule has 0 fully saturated rings. The number of hydrogen-bond donors (Lipinski definition) is 0. The zero-order valence-corrected chi connectivity index (χ0v) is 24.0. The van der Waals surface area contributed by atoms with E-state index in [2.05, 4.69) is 73.3 Å². The number of ether oxygens (including phenoxy) is 1. The zero-order chi connectivity index (χ0) is 27.4. The van der Waals surface area contributed by atoms with Gasteiger partial charge in [0.25, 0.3) is 0 Å². The van der Waals surface area contributed by atoms with Crippen LogP contribution in [-0.4, -0.2) is 53.3 Å². The van der Waals surface area contributed by atoms with E-state index in [0.29, 0.717) is 13.1 Å². The van der Waals surface area contributed by atoms with Gasteiger partial charge in [0, 0.05) is 30.9 Å². The first-order valence-electron chi connectivity index (χ1n) is 13.6. The number of fused-ring (bicyclic) bond motifs is 1. The van der Waals surface area contributed by atoms with E-state index in [1.807, 2.05) is 25.1 Å². The van der Waals surface area contributed by atoms with Crippen molar-refractivity contribution in [2.45, 2.75) is 44.8 Å². The molecule has 0 saturated carbocycles. The number of benzene rings is 3. The molecule has 6 nitrogen and oxygen atoms in total. The van der Waals surface area contributed by atoms with Crippen LogP contribution in [0, 0.1) is 0 Å². The second-order valence-electron chi connectivity index (χ2n) is 10.3. The second kappa shape index (κ2) is 11.7.